The summed E-state index contributed by atoms with van der Waals surface area (Å²) in [5, 5.41) is 12.9. The third kappa shape index (κ3) is 4.16. The number of carbonyl (C=O) groups is 1. The van der Waals surface area contributed by atoms with Crippen LogP contribution in [0.4, 0.5) is 5.69 Å². The Balaban J connectivity index is 1.93. The predicted molar refractivity (Wildman–Crippen MR) is 109 cm³/mol. The van der Waals surface area contributed by atoms with Crippen LogP contribution in [0.3, 0.4) is 0 Å². The Hall–Kier alpha value is -2.09. The average molecular weight is 423 g/mol. The second-order valence-corrected chi connectivity index (χ2v) is 9.38. The first-order chi connectivity index (χ1) is 13.2. The van der Waals surface area contributed by atoms with E-state index in [0.29, 0.717) is 17.1 Å². The Morgan fingerprint density at radius 1 is 1.21 bits per heavy atom. The number of carbonyl (C=O) groups excluding carboxylic acids is 1. The first-order valence-corrected chi connectivity index (χ1v) is 10.9. The Kier molecular flexibility index (Phi) is 5.98. The lowest BCUT2D eigenvalue weighted by Gasteiger charge is -2.32. The Morgan fingerprint density at radius 3 is 2.68 bits per heavy atom. The Morgan fingerprint density at radius 2 is 1.96 bits per heavy atom. The molecule has 28 heavy (non-hydrogen) atoms. The fourth-order valence-electron chi connectivity index (χ4n) is 3.37. The fourth-order valence-corrected chi connectivity index (χ4v) is 5.27. The maximum Gasteiger partial charge on any atom is 0.256 e. The minimum atomic E-state index is -3.69. The highest BCUT2D eigenvalue weighted by Crippen LogP contribution is 2.29. The molecule has 0 bridgehead atoms. The molecular weight excluding hydrogens is 400 g/mol. The molecule has 0 spiro atoms. The summed E-state index contributed by atoms with van der Waals surface area (Å²) < 4.78 is 27.7. The molecule has 2 aromatic rings. The first-order valence-electron chi connectivity index (χ1n) is 9.12. The number of aromatic hydroxyl groups is 1. The van der Waals surface area contributed by atoms with Crippen molar-refractivity contribution < 1.29 is 18.3 Å². The molecule has 6 nitrogen and oxygen atoms in total. The number of phenols is 1. The molecule has 0 aromatic heterocycles. The number of rotatable bonds is 4. The van der Waals surface area contributed by atoms with Gasteiger partial charge in [-0.15, -0.1) is 0 Å². The van der Waals surface area contributed by atoms with Gasteiger partial charge in [-0.05, 0) is 62.6 Å². The highest BCUT2D eigenvalue weighted by Gasteiger charge is 2.31. The van der Waals surface area contributed by atoms with E-state index in [1.807, 2.05) is 6.92 Å². The number of aryl methyl sites for hydroxylation is 1. The minimum absolute atomic E-state index is 0.0688. The molecule has 1 atom stereocenters. The summed E-state index contributed by atoms with van der Waals surface area (Å²) in [5.41, 5.74) is 1.02. The number of nitrogens with one attached hydrogen (secondary N) is 1. The largest absolute Gasteiger partial charge is 0.506 e. The summed E-state index contributed by atoms with van der Waals surface area (Å²) >= 11 is 5.92. The molecule has 1 unspecified atom stereocenters. The molecule has 2 N–H and O–H groups in total. The summed E-state index contributed by atoms with van der Waals surface area (Å²) in [5.74, 6) is -0.639. The zero-order valence-corrected chi connectivity index (χ0v) is 17.3. The maximum atomic E-state index is 13.1. The number of nitrogens with zero attached hydrogens (tertiary/aromatic N) is 1. The SMILES string of the molecule is Cc1ccc(S(=O)(=O)N2CCCCC2C)cc1C(=O)Nc1cc(Cl)ccc1O. The van der Waals surface area contributed by atoms with Crippen LogP contribution < -0.4 is 5.32 Å². The molecule has 1 aliphatic heterocycles. The zero-order valence-electron chi connectivity index (χ0n) is 15.8. The van der Waals surface area contributed by atoms with Crippen LogP contribution in [-0.2, 0) is 10.0 Å². The van der Waals surface area contributed by atoms with E-state index >= 15 is 0 Å². The quantitative estimate of drug-likeness (QED) is 0.724. The van der Waals surface area contributed by atoms with Crippen molar-refractivity contribution in [1.29, 1.82) is 0 Å². The highest BCUT2D eigenvalue weighted by molar-refractivity contribution is 7.89. The smallest absolute Gasteiger partial charge is 0.256 e. The summed E-state index contributed by atoms with van der Waals surface area (Å²) in [7, 11) is -3.69. The van der Waals surface area contributed by atoms with Gasteiger partial charge in [-0.2, -0.15) is 4.31 Å². The van der Waals surface area contributed by atoms with Gasteiger partial charge in [0.25, 0.3) is 5.91 Å². The van der Waals surface area contributed by atoms with Gasteiger partial charge < -0.3 is 10.4 Å². The molecule has 3 rings (SSSR count). The van der Waals surface area contributed by atoms with E-state index in [0.717, 1.165) is 19.3 Å². The number of halogens is 1. The fraction of sp³-hybridized carbons (Fsp3) is 0.350. The molecular formula is C20H23ClN2O4S. The van der Waals surface area contributed by atoms with E-state index in [4.69, 9.17) is 11.6 Å². The Bertz CT molecular complexity index is 1010. The maximum absolute atomic E-state index is 13.1. The van der Waals surface area contributed by atoms with Gasteiger partial charge in [0.15, 0.2) is 0 Å². The van der Waals surface area contributed by atoms with Crippen LogP contribution in [0.2, 0.25) is 5.02 Å². The van der Waals surface area contributed by atoms with Crippen LogP contribution in [0.15, 0.2) is 41.3 Å². The lowest BCUT2D eigenvalue weighted by Crippen LogP contribution is -2.42. The van der Waals surface area contributed by atoms with Crippen molar-refractivity contribution in [2.45, 2.75) is 44.0 Å². The number of hydrogen-bond donors (Lipinski definition) is 2. The van der Waals surface area contributed by atoms with Crippen LogP contribution in [-0.4, -0.2) is 36.3 Å². The second-order valence-electron chi connectivity index (χ2n) is 7.05. The molecule has 2 aromatic carbocycles. The number of anilines is 1. The van der Waals surface area contributed by atoms with Crippen LogP contribution in [0.5, 0.6) is 5.75 Å². The predicted octanol–water partition coefficient (Wildman–Crippen LogP) is 4.17. The lowest BCUT2D eigenvalue weighted by molar-refractivity contribution is 0.102. The van der Waals surface area contributed by atoms with Crippen molar-refractivity contribution in [1.82, 2.24) is 4.31 Å². The normalized spacial score (nSPS) is 18.0. The monoisotopic (exact) mass is 422 g/mol. The molecule has 1 aliphatic rings. The van der Waals surface area contributed by atoms with Crippen LogP contribution in [0.25, 0.3) is 0 Å². The molecule has 1 amide bonds. The van der Waals surface area contributed by atoms with E-state index in [1.54, 1.807) is 13.0 Å². The van der Waals surface area contributed by atoms with Gasteiger partial charge in [-0.1, -0.05) is 24.1 Å². The number of phenolic OH excluding ortho intramolecular Hbond substituents is 1. The van der Waals surface area contributed by atoms with Crippen molar-refractivity contribution in [2.75, 3.05) is 11.9 Å². The second kappa shape index (κ2) is 8.11. The number of benzene rings is 2. The lowest BCUT2D eigenvalue weighted by atomic mass is 10.1. The summed E-state index contributed by atoms with van der Waals surface area (Å²) in [6, 6.07) is 8.78. The standard InChI is InChI=1S/C20H23ClN2O4S/c1-13-6-8-16(28(26,27)23-10-4-3-5-14(23)2)12-17(13)20(25)22-18-11-15(21)7-9-19(18)24/h6-9,11-12,14,24H,3-5,10H2,1-2H3,(H,22,25). The Labute approximate surface area is 170 Å². The average Bonchev–Trinajstić information content (AvgIpc) is 2.65. The van der Waals surface area contributed by atoms with Gasteiger partial charge >= 0.3 is 0 Å². The van der Waals surface area contributed by atoms with Crippen LogP contribution in [0.1, 0.15) is 42.1 Å². The summed E-state index contributed by atoms with van der Waals surface area (Å²) in [6.07, 6.45) is 2.67. The number of piperidine rings is 1. The van der Waals surface area contributed by atoms with E-state index in [-0.39, 0.29) is 27.9 Å². The number of hydrogen-bond acceptors (Lipinski definition) is 4. The van der Waals surface area contributed by atoms with Crippen molar-refractivity contribution in [3.05, 3.63) is 52.5 Å². The van der Waals surface area contributed by atoms with Gasteiger partial charge in [0, 0.05) is 23.2 Å². The van der Waals surface area contributed by atoms with Crippen molar-refractivity contribution in [2.24, 2.45) is 0 Å². The molecule has 150 valence electrons. The van der Waals surface area contributed by atoms with E-state index in [1.165, 1.54) is 34.6 Å². The third-order valence-electron chi connectivity index (χ3n) is 5.01. The van der Waals surface area contributed by atoms with Crippen LogP contribution in [0, 0.1) is 6.92 Å². The molecule has 0 saturated carbocycles. The van der Waals surface area contributed by atoms with E-state index in [2.05, 4.69) is 5.32 Å². The molecule has 1 heterocycles. The minimum Gasteiger partial charge on any atom is -0.506 e. The highest BCUT2D eigenvalue weighted by atomic mass is 35.5. The van der Waals surface area contributed by atoms with E-state index in [9.17, 15) is 18.3 Å². The van der Waals surface area contributed by atoms with Gasteiger partial charge in [-0.25, -0.2) is 8.42 Å². The molecule has 0 aliphatic carbocycles. The van der Waals surface area contributed by atoms with Crippen molar-refractivity contribution >= 4 is 33.2 Å². The summed E-state index contributed by atoms with van der Waals surface area (Å²) in [4.78, 5) is 12.8. The third-order valence-corrected chi connectivity index (χ3v) is 7.25. The van der Waals surface area contributed by atoms with Crippen molar-refractivity contribution in [3.8, 4) is 5.75 Å². The molecule has 1 fully saturated rings. The molecule has 0 radical (unpaired) electrons. The van der Waals surface area contributed by atoms with E-state index < -0.39 is 15.9 Å². The van der Waals surface area contributed by atoms with Crippen LogP contribution >= 0.6 is 11.6 Å². The zero-order chi connectivity index (χ0) is 20.5. The number of sulfonamides is 1. The van der Waals surface area contributed by atoms with Gasteiger partial charge in [0.05, 0.1) is 10.6 Å². The number of amides is 1. The summed E-state index contributed by atoms with van der Waals surface area (Å²) in [6.45, 7) is 4.11. The van der Waals surface area contributed by atoms with Crippen molar-refractivity contribution in [3.63, 3.8) is 0 Å². The topological polar surface area (TPSA) is 86.7 Å². The van der Waals surface area contributed by atoms with Gasteiger partial charge in [-0.3, -0.25) is 4.79 Å². The molecule has 8 heteroatoms. The van der Waals surface area contributed by atoms with Gasteiger partial charge in [0.1, 0.15) is 5.75 Å². The molecule has 1 saturated heterocycles. The van der Waals surface area contributed by atoms with Gasteiger partial charge in [0.2, 0.25) is 10.0 Å². The first kappa shape index (κ1) is 20.6.